The molecule has 0 saturated heterocycles. The molecule has 3 heteroatoms. The van der Waals surface area contributed by atoms with E-state index in [9.17, 15) is 0 Å². The lowest BCUT2D eigenvalue weighted by Gasteiger charge is -2.04. The maximum atomic E-state index is 5.68. The summed E-state index contributed by atoms with van der Waals surface area (Å²) in [5.41, 5.74) is 6.96. The molecule has 1 rings (SSSR count). The zero-order valence-electron chi connectivity index (χ0n) is 8.70. The van der Waals surface area contributed by atoms with E-state index in [1.165, 1.54) is 5.56 Å². The van der Waals surface area contributed by atoms with E-state index in [1.54, 1.807) is 0 Å². The molecule has 0 bridgehead atoms. The van der Waals surface area contributed by atoms with Crippen LogP contribution in [0, 0.1) is 0 Å². The SMILES string of the molecule is CC(N)CCc1cnn(C(C)C)c1. The molecule has 1 unspecified atom stereocenters. The van der Waals surface area contributed by atoms with Crippen LogP contribution in [-0.4, -0.2) is 15.8 Å². The van der Waals surface area contributed by atoms with Crippen molar-refractivity contribution >= 4 is 0 Å². The van der Waals surface area contributed by atoms with Crippen molar-refractivity contribution in [2.75, 3.05) is 0 Å². The molecule has 0 amide bonds. The van der Waals surface area contributed by atoms with Gasteiger partial charge < -0.3 is 5.73 Å². The van der Waals surface area contributed by atoms with Gasteiger partial charge in [-0.3, -0.25) is 4.68 Å². The number of hydrogen-bond acceptors (Lipinski definition) is 2. The average molecular weight is 181 g/mol. The molecule has 0 aromatic carbocycles. The molecule has 2 N–H and O–H groups in total. The number of aromatic nitrogens is 2. The molecular weight excluding hydrogens is 162 g/mol. The van der Waals surface area contributed by atoms with Gasteiger partial charge in [0.15, 0.2) is 0 Å². The summed E-state index contributed by atoms with van der Waals surface area (Å²) in [6.45, 7) is 6.29. The van der Waals surface area contributed by atoms with Crippen LogP contribution in [0.1, 0.15) is 38.8 Å². The van der Waals surface area contributed by atoms with Gasteiger partial charge in [-0.1, -0.05) is 0 Å². The first kappa shape index (κ1) is 10.3. The summed E-state index contributed by atoms with van der Waals surface area (Å²) in [6, 6.07) is 0.728. The first-order valence-electron chi connectivity index (χ1n) is 4.88. The number of nitrogens with zero attached hydrogens (tertiary/aromatic N) is 2. The molecule has 1 heterocycles. The van der Waals surface area contributed by atoms with Gasteiger partial charge in [-0.2, -0.15) is 5.10 Å². The molecule has 0 radical (unpaired) electrons. The molecule has 0 saturated carbocycles. The Balaban J connectivity index is 2.49. The third-order valence-electron chi connectivity index (χ3n) is 2.07. The fourth-order valence-electron chi connectivity index (χ4n) is 1.18. The van der Waals surface area contributed by atoms with Crippen molar-refractivity contribution in [3.05, 3.63) is 18.0 Å². The highest BCUT2D eigenvalue weighted by Crippen LogP contribution is 2.07. The summed E-state index contributed by atoms with van der Waals surface area (Å²) in [5.74, 6) is 0. The number of nitrogens with two attached hydrogens (primary N) is 1. The highest BCUT2D eigenvalue weighted by molar-refractivity contribution is 5.04. The van der Waals surface area contributed by atoms with Crippen LogP contribution in [0.3, 0.4) is 0 Å². The number of aryl methyl sites for hydroxylation is 1. The van der Waals surface area contributed by atoms with Crippen molar-refractivity contribution in [3.63, 3.8) is 0 Å². The Hall–Kier alpha value is -0.830. The zero-order chi connectivity index (χ0) is 9.84. The molecular formula is C10H19N3. The molecule has 3 nitrogen and oxygen atoms in total. The largest absolute Gasteiger partial charge is 0.328 e. The first-order valence-corrected chi connectivity index (χ1v) is 4.88. The van der Waals surface area contributed by atoms with Crippen molar-refractivity contribution in [2.45, 2.75) is 45.7 Å². The van der Waals surface area contributed by atoms with E-state index in [0.29, 0.717) is 6.04 Å². The van der Waals surface area contributed by atoms with E-state index in [-0.39, 0.29) is 6.04 Å². The Morgan fingerprint density at radius 2 is 2.15 bits per heavy atom. The maximum absolute atomic E-state index is 5.68. The van der Waals surface area contributed by atoms with Crippen molar-refractivity contribution in [3.8, 4) is 0 Å². The summed E-state index contributed by atoms with van der Waals surface area (Å²) in [6.07, 6.45) is 6.10. The Kier molecular flexibility index (Phi) is 3.48. The van der Waals surface area contributed by atoms with Crippen LogP contribution in [-0.2, 0) is 6.42 Å². The highest BCUT2D eigenvalue weighted by Gasteiger charge is 2.02. The molecule has 0 aliphatic rings. The van der Waals surface area contributed by atoms with Crippen molar-refractivity contribution in [2.24, 2.45) is 5.73 Å². The van der Waals surface area contributed by atoms with Gasteiger partial charge in [-0.05, 0) is 39.2 Å². The van der Waals surface area contributed by atoms with Crippen molar-refractivity contribution in [1.29, 1.82) is 0 Å². The fourth-order valence-corrected chi connectivity index (χ4v) is 1.18. The van der Waals surface area contributed by atoms with Gasteiger partial charge in [-0.25, -0.2) is 0 Å². The van der Waals surface area contributed by atoms with Crippen molar-refractivity contribution in [1.82, 2.24) is 9.78 Å². The zero-order valence-corrected chi connectivity index (χ0v) is 8.70. The van der Waals surface area contributed by atoms with Crippen molar-refractivity contribution < 1.29 is 0 Å². The van der Waals surface area contributed by atoms with Gasteiger partial charge in [0, 0.05) is 18.3 Å². The van der Waals surface area contributed by atoms with E-state index in [0.717, 1.165) is 12.8 Å². The lowest BCUT2D eigenvalue weighted by Crippen LogP contribution is -2.15. The van der Waals surface area contributed by atoms with Crippen LogP contribution in [0.4, 0.5) is 0 Å². The molecule has 0 aliphatic heterocycles. The minimum Gasteiger partial charge on any atom is -0.328 e. The Morgan fingerprint density at radius 1 is 1.46 bits per heavy atom. The molecule has 0 spiro atoms. The lowest BCUT2D eigenvalue weighted by molar-refractivity contribution is 0.531. The van der Waals surface area contributed by atoms with Crippen LogP contribution in [0.5, 0.6) is 0 Å². The Labute approximate surface area is 79.9 Å². The monoisotopic (exact) mass is 181 g/mol. The van der Waals surface area contributed by atoms with E-state index >= 15 is 0 Å². The Bertz CT molecular complexity index is 250. The first-order chi connectivity index (χ1) is 6.09. The van der Waals surface area contributed by atoms with Crippen LogP contribution in [0.15, 0.2) is 12.4 Å². The summed E-state index contributed by atoms with van der Waals surface area (Å²) in [7, 11) is 0. The van der Waals surface area contributed by atoms with Gasteiger partial charge in [-0.15, -0.1) is 0 Å². The third kappa shape index (κ3) is 3.19. The summed E-state index contributed by atoms with van der Waals surface area (Å²) in [5, 5.41) is 4.27. The standard InChI is InChI=1S/C10H19N3/c1-8(2)13-7-10(6-12-13)5-4-9(3)11/h6-9H,4-5,11H2,1-3H3. The topological polar surface area (TPSA) is 43.8 Å². The lowest BCUT2D eigenvalue weighted by atomic mass is 10.1. The van der Waals surface area contributed by atoms with Crippen LogP contribution >= 0.6 is 0 Å². The maximum Gasteiger partial charge on any atom is 0.0521 e. The van der Waals surface area contributed by atoms with Crippen LogP contribution in [0.2, 0.25) is 0 Å². The van der Waals surface area contributed by atoms with Gasteiger partial charge in [0.1, 0.15) is 0 Å². The minimum absolute atomic E-state index is 0.280. The molecule has 1 atom stereocenters. The second-order valence-corrected chi connectivity index (χ2v) is 3.94. The summed E-state index contributed by atoms with van der Waals surface area (Å²) in [4.78, 5) is 0. The average Bonchev–Trinajstić information content (AvgIpc) is 2.48. The number of rotatable bonds is 4. The Morgan fingerprint density at radius 3 is 2.62 bits per heavy atom. The van der Waals surface area contributed by atoms with Crippen LogP contribution < -0.4 is 5.73 Å². The van der Waals surface area contributed by atoms with Gasteiger partial charge in [0.25, 0.3) is 0 Å². The molecule has 1 aromatic heterocycles. The predicted octanol–water partition coefficient (Wildman–Crippen LogP) is 1.74. The van der Waals surface area contributed by atoms with Gasteiger partial charge in [0.05, 0.1) is 6.20 Å². The quantitative estimate of drug-likeness (QED) is 0.769. The van der Waals surface area contributed by atoms with E-state index in [2.05, 4.69) is 25.1 Å². The second-order valence-electron chi connectivity index (χ2n) is 3.94. The van der Waals surface area contributed by atoms with Gasteiger partial charge >= 0.3 is 0 Å². The summed E-state index contributed by atoms with van der Waals surface area (Å²) < 4.78 is 1.98. The van der Waals surface area contributed by atoms with E-state index < -0.39 is 0 Å². The van der Waals surface area contributed by atoms with E-state index in [4.69, 9.17) is 5.73 Å². The highest BCUT2D eigenvalue weighted by atomic mass is 15.3. The normalized spacial score (nSPS) is 13.6. The molecule has 13 heavy (non-hydrogen) atoms. The van der Waals surface area contributed by atoms with Crippen LogP contribution in [0.25, 0.3) is 0 Å². The van der Waals surface area contributed by atoms with E-state index in [1.807, 2.05) is 17.8 Å². The predicted molar refractivity (Wildman–Crippen MR) is 54.6 cm³/mol. The third-order valence-corrected chi connectivity index (χ3v) is 2.07. The second kappa shape index (κ2) is 4.42. The fraction of sp³-hybridized carbons (Fsp3) is 0.700. The summed E-state index contributed by atoms with van der Waals surface area (Å²) >= 11 is 0. The molecule has 0 aliphatic carbocycles. The minimum atomic E-state index is 0.280. The number of hydrogen-bond donors (Lipinski definition) is 1. The van der Waals surface area contributed by atoms with Gasteiger partial charge in [0.2, 0.25) is 0 Å². The molecule has 74 valence electrons. The smallest absolute Gasteiger partial charge is 0.0521 e. The molecule has 1 aromatic rings. The molecule has 0 fully saturated rings.